The maximum atomic E-state index is 12.7. The maximum Gasteiger partial charge on any atom is 0.231 e. The highest BCUT2D eigenvalue weighted by Crippen LogP contribution is 2.34. The van der Waals surface area contributed by atoms with Crippen LogP contribution in [0.5, 0.6) is 11.5 Å². The Labute approximate surface area is 189 Å². The van der Waals surface area contributed by atoms with Gasteiger partial charge < -0.3 is 19.7 Å². The number of carbonyl (C=O) groups is 2. The van der Waals surface area contributed by atoms with Gasteiger partial charge in [-0.1, -0.05) is 0 Å². The van der Waals surface area contributed by atoms with Gasteiger partial charge in [-0.05, 0) is 37.1 Å². The molecule has 32 heavy (non-hydrogen) atoms. The monoisotopic (exact) mass is 450 g/mol. The molecule has 2 aromatic heterocycles. The highest BCUT2D eigenvalue weighted by Gasteiger charge is 2.28. The van der Waals surface area contributed by atoms with Gasteiger partial charge in [-0.25, -0.2) is 4.98 Å². The van der Waals surface area contributed by atoms with Gasteiger partial charge in [-0.3, -0.25) is 14.6 Å². The van der Waals surface area contributed by atoms with Crippen molar-refractivity contribution in [3.63, 3.8) is 0 Å². The first kappa shape index (κ1) is 20.4. The van der Waals surface area contributed by atoms with Crippen molar-refractivity contribution in [2.45, 2.75) is 19.3 Å². The SMILES string of the molecule is O=C(Nc1ccc2c(c1)OCO2)C1CCN(C(=O)Cc2csc(-c3cccnc3)n2)CC1. The van der Waals surface area contributed by atoms with E-state index in [-0.39, 0.29) is 30.9 Å². The third-order valence-electron chi connectivity index (χ3n) is 5.65. The normalized spacial score (nSPS) is 15.6. The largest absolute Gasteiger partial charge is 0.454 e. The van der Waals surface area contributed by atoms with Crippen LogP contribution in [0, 0.1) is 5.92 Å². The number of carbonyl (C=O) groups excluding carboxylic acids is 2. The summed E-state index contributed by atoms with van der Waals surface area (Å²) in [7, 11) is 0. The number of thiazole rings is 1. The topological polar surface area (TPSA) is 93.7 Å². The number of rotatable bonds is 5. The molecule has 9 heteroatoms. The van der Waals surface area contributed by atoms with Gasteiger partial charge >= 0.3 is 0 Å². The number of fused-ring (bicyclic) bond motifs is 1. The molecule has 164 valence electrons. The van der Waals surface area contributed by atoms with Crippen molar-refractivity contribution in [1.82, 2.24) is 14.9 Å². The summed E-state index contributed by atoms with van der Waals surface area (Å²) in [5, 5.41) is 5.74. The van der Waals surface area contributed by atoms with E-state index in [1.54, 1.807) is 30.6 Å². The molecule has 0 bridgehead atoms. The number of nitrogens with zero attached hydrogens (tertiary/aromatic N) is 3. The van der Waals surface area contributed by atoms with Crippen molar-refractivity contribution in [3.8, 4) is 22.1 Å². The third kappa shape index (κ3) is 4.43. The average Bonchev–Trinajstić information content (AvgIpc) is 3.49. The van der Waals surface area contributed by atoms with E-state index in [1.165, 1.54) is 11.3 Å². The lowest BCUT2D eigenvalue weighted by Crippen LogP contribution is -2.42. The molecule has 0 unspecified atom stereocenters. The molecule has 1 aromatic carbocycles. The van der Waals surface area contributed by atoms with E-state index >= 15 is 0 Å². The maximum absolute atomic E-state index is 12.7. The number of pyridine rings is 1. The summed E-state index contributed by atoms with van der Waals surface area (Å²) >= 11 is 1.51. The second-order valence-electron chi connectivity index (χ2n) is 7.77. The molecule has 0 spiro atoms. The fraction of sp³-hybridized carbons (Fsp3) is 0.304. The Morgan fingerprint density at radius 3 is 2.81 bits per heavy atom. The minimum absolute atomic E-state index is 0.0309. The van der Waals surface area contributed by atoms with Crippen LogP contribution in [0.1, 0.15) is 18.5 Å². The quantitative estimate of drug-likeness (QED) is 0.641. The van der Waals surface area contributed by atoms with Crippen LogP contribution >= 0.6 is 11.3 Å². The first-order valence-corrected chi connectivity index (χ1v) is 11.4. The molecule has 0 aliphatic carbocycles. The Hall–Kier alpha value is -3.46. The molecule has 5 rings (SSSR count). The Balaban J connectivity index is 1.12. The van der Waals surface area contributed by atoms with Crippen molar-refractivity contribution in [2.75, 3.05) is 25.2 Å². The smallest absolute Gasteiger partial charge is 0.231 e. The molecule has 0 radical (unpaired) electrons. The lowest BCUT2D eigenvalue weighted by atomic mass is 9.95. The van der Waals surface area contributed by atoms with Crippen LogP contribution in [0.2, 0.25) is 0 Å². The van der Waals surface area contributed by atoms with E-state index in [0.717, 1.165) is 16.3 Å². The van der Waals surface area contributed by atoms with Crippen molar-refractivity contribution >= 4 is 28.8 Å². The van der Waals surface area contributed by atoms with Crippen LogP contribution in [-0.2, 0) is 16.0 Å². The van der Waals surface area contributed by atoms with Gasteiger partial charge in [0.15, 0.2) is 11.5 Å². The summed E-state index contributed by atoms with van der Waals surface area (Å²) in [6.45, 7) is 1.33. The van der Waals surface area contributed by atoms with E-state index in [9.17, 15) is 9.59 Å². The van der Waals surface area contributed by atoms with Crippen molar-refractivity contribution in [1.29, 1.82) is 0 Å². The Morgan fingerprint density at radius 1 is 1.16 bits per heavy atom. The Morgan fingerprint density at radius 2 is 2.00 bits per heavy atom. The van der Waals surface area contributed by atoms with Gasteiger partial charge in [0, 0.05) is 54.1 Å². The summed E-state index contributed by atoms with van der Waals surface area (Å²) in [6, 6.07) is 9.19. The van der Waals surface area contributed by atoms with Crippen LogP contribution in [-0.4, -0.2) is 46.6 Å². The molecule has 2 amide bonds. The first-order valence-electron chi connectivity index (χ1n) is 10.5. The molecule has 1 saturated heterocycles. The van der Waals surface area contributed by atoms with Crippen molar-refractivity contribution in [2.24, 2.45) is 5.92 Å². The molecule has 1 fully saturated rings. The summed E-state index contributed by atoms with van der Waals surface area (Å²) in [4.78, 5) is 35.9. The van der Waals surface area contributed by atoms with Crippen LogP contribution in [0.15, 0.2) is 48.1 Å². The molecular formula is C23H22N4O4S. The van der Waals surface area contributed by atoms with E-state index in [0.29, 0.717) is 43.1 Å². The van der Waals surface area contributed by atoms with Gasteiger partial charge in [-0.15, -0.1) is 11.3 Å². The predicted octanol–water partition coefficient (Wildman–Crippen LogP) is 3.35. The number of anilines is 1. The zero-order valence-corrected chi connectivity index (χ0v) is 18.1. The lowest BCUT2D eigenvalue weighted by Gasteiger charge is -2.31. The molecular weight excluding hydrogens is 428 g/mol. The molecule has 3 aromatic rings. The summed E-state index contributed by atoms with van der Waals surface area (Å²) in [5.41, 5.74) is 2.40. The molecule has 0 saturated carbocycles. The lowest BCUT2D eigenvalue weighted by molar-refractivity contribution is -0.133. The number of hydrogen-bond acceptors (Lipinski definition) is 7. The van der Waals surface area contributed by atoms with Gasteiger partial charge in [0.2, 0.25) is 18.6 Å². The number of hydrogen-bond donors (Lipinski definition) is 1. The molecule has 1 N–H and O–H groups in total. The van der Waals surface area contributed by atoms with Crippen molar-refractivity contribution < 1.29 is 19.1 Å². The molecule has 0 atom stereocenters. The number of benzene rings is 1. The van der Waals surface area contributed by atoms with Crippen LogP contribution in [0.3, 0.4) is 0 Å². The van der Waals surface area contributed by atoms with Crippen LogP contribution in [0.4, 0.5) is 5.69 Å². The van der Waals surface area contributed by atoms with E-state index in [1.807, 2.05) is 22.4 Å². The number of likely N-dealkylation sites (tertiary alicyclic amines) is 1. The molecule has 8 nitrogen and oxygen atoms in total. The summed E-state index contributed by atoms with van der Waals surface area (Å²) in [6.07, 6.45) is 5.04. The fourth-order valence-corrected chi connectivity index (χ4v) is 4.70. The highest BCUT2D eigenvalue weighted by atomic mass is 32.1. The third-order valence-corrected chi connectivity index (χ3v) is 6.59. The molecule has 4 heterocycles. The van der Waals surface area contributed by atoms with E-state index < -0.39 is 0 Å². The predicted molar refractivity (Wildman–Crippen MR) is 120 cm³/mol. The number of nitrogens with one attached hydrogen (secondary N) is 1. The highest BCUT2D eigenvalue weighted by molar-refractivity contribution is 7.13. The standard InChI is InChI=1S/C23H22N4O4S/c28-21(11-18-13-32-23(26-18)16-2-1-7-24-12-16)27-8-5-15(6-9-27)22(29)25-17-3-4-19-20(10-17)31-14-30-19/h1-4,7,10,12-13,15H,5-6,8-9,11,14H2,(H,25,29). The van der Waals surface area contributed by atoms with E-state index in [4.69, 9.17) is 9.47 Å². The average molecular weight is 451 g/mol. The second-order valence-corrected chi connectivity index (χ2v) is 8.63. The number of ether oxygens (including phenoxy) is 2. The van der Waals surface area contributed by atoms with Crippen LogP contribution < -0.4 is 14.8 Å². The second kappa shape index (κ2) is 8.96. The van der Waals surface area contributed by atoms with Gasteiger partial charge in [0.25, 0.3) is 0 Å². The minimum atomic E-state index is -0.124. The zero-order chi connectivity index (χ0) is 21.9. The fourth-order valence-electron chi connectivity index (χ4n) is 3.89. The molecule has 2 aliphatic rings. The zero-order valence-electron chi connectivity index (χ0n) is 17.3. The van der Waals surface area contributed by atoms with Gasteiger partial charge in [0.1, 0.15) is 5.01 Å². The summed E-state index contributed by atoms with van der Waals surface area (Å²) < 4.78 is 10.7. The minimum Gasteiger partial charge on any atom is -0.454 e. The first-order chi connectivity index (χ1) is 15.7. The number of piperidine rings is 1. The van der Waals surface area contributed by atoms with Crippen molar-refractivity contribution in [3.05, 3.63) is 53.8 Å². The Bertz CT molecular complexity index is 1130. The number of aromatic nitrogens is 2. The summed E-state index contributed by atoms with van der Waals surface area (Å²) in [5.74, 6) is 1.21. The van der Waals surface area contributed by atoms with Gasteiger partial charge in [-0.2, -0.15) is 0 Å². The Kier molecular flexibility index (Phi) is 5.72. The molecule has 2 aliphatic heterocycles. The number of amides is 2. The van der Waals surface area contributed by atoms with Gasteiger partial charge in [0.05, 0.1) is 12.1 Å². The van der Waals surface area contributed by atoms with Crippen LogP contribution in [0.25, 0.3) is 10.6 Å². The van der Waals surface area contributed by atoms with E-state index in [2.05, 4.69) is 15.3 Å².